The summed E-state index contributed by atoms with van der Waals surface area (Å²) in [4.78, 5) is 16.0. The Morgan fingerprint density at radius 2 is 0.758 bits per heavy atom. The van der Waals surface area contributed by atoms with Gasteiger partial charge in [0.25, 0.3) is 0 Å². The minimum Gasteiger partial charge on any atom is -1.00 e. The molecule has 33 heavy (non-hydrogen) atoms. The van der Waals surface area contributed by atoms with Crippen LogP contribution in [0.15, 0.2) is 48.5 Å². The monoisotopic (exact) mass is 594 g/mol. The number of aliphatic hydroxyl groups excluding tert-OH is 1. The largest absolute Gasteiger partial charge is 2.00 e. The van der Waals surface area contributed by atoms with Gasteiger partial charge in [-0.3, -0.25) is 0 Å². The van der Waals surface area contributed by atoms with Crippen LogP contribution in [0.4, 0.5) is 0 Å². The minimum atomic E-state index is 0. The van der Waals surface area contributed by atoms with E-state index in [0.29, 0.717) is 0 Å². The van der Waals surface area contributed by atoms with Crippen molar-refractivity contribution in [1.29, 1.82) is 0 Å². The van der Waals surface area contributed by atoms with Gasteiger partial charge in [0.05, 0.1) is 22.8 Å². The van der Waals surface area contributed by atoms with Crippen LogP contribution in [0.1, 0.15) is 22.8 Å². The summed E-state index contributed by atoms with van der Waals surface area (Å²) in [5.74, 6) is 0. The SMILES string of the molecule is C1=Cc2cc3ccc(cc4nc(cc5ccc(cc1n2)[nH]5)C=C4)[nH]3.CO.Cl.Cl.Cl.P.[Ca+2].[Cl-].[Cl-]. The van der Waals surface area contributed by atoms with Crippen LogP contribution in [-0.2, 0) is 0 Å². The number of aliphatic hydroxyl groups is 1. The number of nitrogens with zero attached hydrogens (tertiary/aromatic N) is 2. The summed E-state index contributed by atoms with van der Waals surface area (Å²) in [6.45, 7) is 0. The summed E-state index contributed by atoms with van der Waals surface area (Å²) >= 11 is 0. The van der Waals surface area contributed by atoms with E-state index in [-0.39, 0.29) is 110 Å². The first-order valence-electron chi connectivity index (χ1n) is 8.29. The molecule has 5 nitrogen and oxygen atoms in total. The topological polar surface area (TPSA) is 77.6 Å². The number of rotatable bonds is 0. The summed E-state index contributed by atoms with van der Waals surface area (Å²) < 4.78 is 0. The Bertz CT molecular complexity index is 1020. The normalized spacial score (nSPS) is 9.39. The van der Waals surface area contributed by atoms with E-state index in [1.54, 1.807) is 0 Å². The average Bonchev–Trinajstić information content (AvgIpc) is 3.42. The van der Waals surface area contributed by atoms with E-state index in [0.717, 1.165) is 52.0 Å². The predicted molar refractivity (Wildman–Crippen MR) is 146 cm³/mol. The zero-order valence-electron chi connectivity index (χ0n) is 17.7. The fourth-order valence-corrected chi connectivity index (χ4v) is 2.94. The van der Waals surface area contributed by atoms with Crippen LogP contribution in [0.3, 0.4) is 0 Å². The Balaban J connectivity index is -0.000000456. The van der Waals surface area contributed by atoms with E-state index in [1.165, 1.54) is 0 Å². The minimum absolute atomic E-state index is 0. The van der Waals surface area contributed by atoms with Gasteiger partial charge in [-0.2, -0.15) is 9.90 Å². The first-order chi connectivity index (χ1) is 12.8. The van der Waals surface area contributed by atoms with Crippen LogP contribution < -0.4 is 24.8 Å². The molecule has 0 fully saturated rings. The van der Waals surface area contributed by atoms with Gasteiger partial charge in [0.2, 0.25) is 0 Å². The molecule has 0 saturated carbocycles. The molecule has 0 saturated heterocycles. The number of aromatic amines is 2. The maximum Gasteiger partial charge on any atom is 2.00 e. The molecule has 5 rings (SSSR count). The molecule has 176 valence electrons. The van der Waals surface area contributed by atoms with Crippen LogP contribution in [0.5, 0.6) is 0 Å². The number of H-pyrrole nitrogens is 2. The van der Waals surface area contributed by atoms with E-state index >= 15 is 0 Å². The average molecular weight is 597 g/mol. The van der Waals surface area contributed by atoms with Gasteiger partial charge in [-0.05, 0) is 72.8 Å². The van der Waals surface area contributed by atoms with E-state index < -0.39 is 0 Å². The molecule has 2 aliphatic heterocycles. The second-order valence-corrected chi connectivity index (χ2v) is 5.91. The summed E-state index contributed by atoms with van der Waals surface area (Å²) in [6.07, 6.45) is 8.09. The maximum atomic E-state index is 7.00. The van der Waals surface area contributed by atoms with Crippen molar-refractivity contribution in [3.63, 3.8) is 0 Å². The van der Waals surface area contributed by atoms with E-state index in [1.807, 2.05) is 48.6 Å². The third kappa shape index (κ3) is 10.5. The molecule has 1 atom stereocenters. The maximum absolute atomic E-state index is 7.00. The number of aromatic nitrogens is 4. The van der Waals surface area contributed by atoms with Crippen molar-refractivity contribution in [2.24, 2.45) is 0 Å². The Hall–Kier alpha value is -0.300. The van der Waals surface area contributed by atoms with Crippen LogP contribution in [-0.4, -0.2) is 69.9 Å². The van der Waals surface area contributed by atoms with Crippen LogP contribution in [0.2, 0.25) is 0 Å². The summed E-state index contributed by atoms with van der Waals surface area (Å²) in [5, 5.41) is 7.00. The van der Waals surface area contributed by atoms with Gasteiger partial charge < -0.3 is 39.9 Å². The molecular weight excluding hydrogens is 573 g/mol. The summed E-state index contributed by atoms with van der Waals surface area (Å²) in [6, 6.07) is 16.4. The quantitative estimate of drug-likeness (QED) is 0.162. The third-order valence-corrected chi connectivity index (χ3v) is 4.04. The molecule has 0 radical (unpaired) electrons. The third-order valence-electron chi connectivity index (χ3n) is 4.04. The first-order valence-corrected chi connectivity index (χ1v) is 8.29. The van der Waals surface area contributed by atoms with Crippen LogP contribution in [0, 0.1) is 0 Å². The number of fused-ring (bicyclic) bond motifs is 8. The molecule has 2 aliphatic rings. The van der Waals surface area contributed by atoms with Gasteiger partial charge >= 0.3 is 37.7 Å². The number of hydrogen-bond acceptors (Lipinski definition) is 3. The van der Waals surface area contributed by atoms with E-state index in [9.17, 15) is 0 Å². The van der Waals surface area contributed by atoms with Crippen molar-refractivity contribution < 1.29 is 29.9 Å². The zero-order valence-corrected chi connectivity index (χ0v) is 25.2. The van der Waals surface area contributed by atoms with Crippen LogP contribution in [0.25, 0.3) is 46.4 Å². The molecule has 3 aromatic rings. The smallest absolute Gasteiger partial charge is 1.00 e. The summed E-state index contributed by atoms with van der Waals surface area (Å²) in [7, 11) is 1.00. The second kappa shape index (κ2) is 19.0. The van der Waals surface area contributed by atoms with Crippen molar-refractivity contribution in [3.8, 4) is 0 Å². The first kappa shape index (κ1) is 39.9. The molecule has 5 heterocycles. The fraction of sp³-hybridized carbons (Fsp3) is 0.0476. The standard InChI is InChI=1S/C20H14N4.CH4O.Ca.5ClH.H3P/c1-2-14-10-16-5-6-18(23-16)12-20-8-7-19(24-20)11-17-4-3-15(22-17)9-13(1)21-14;1-2;;;;;;;/h1-12,21,24H;2H,1H3;;5*1H;1H3/q;;+2;;;;;;/p-2. The molecule has 8 bridgehead atoms. The molecule has 3 aromatic heterocycles. The van der Waals surface area contributed by atoms with Gasteiger partial charge in [-0.25, -0.2) is 9.97 Å². The van der Waals surface area contributed by atoms with Gasteiger partial charge in [0.15, 0.2) is 0 Å². The fourth-order valence-electron chi connectivity index (χ4n) is 2.94. The molecule has 0 spiro atoms. The molecule has 0 aliphatic carbocycles. The van der Waals surface area contributed by atoms with Crippen molar-refractivity contribution in [3.05, 3.63) is 71.3 Å². The van der Waals surface area contributed by atoms with Crippen molar-refractivity contribution in [1.82, 2.24) is 19.9 Å². The molecular formula is C21H24CaCl5N4OP. The molecule has 12 heteroatoms. The van der Waals surface area contributed by atoms with E-state index in [4.69, 9.17) is 5.11 Å². The Kier molecular flexibility index (Phi) is 22.9. The zero-order chi connectivity index (χ0) is 17.9. The number of halogens is 5. The van der Waals surface area contributed by atoms with Gasteiger partial charge in [-0.1, -0.05) is 0 Å². The van der Waals surface area contributed by atoms with Gasteiger partial charge in [0.1, 0.15) is 0 Å². The molecule has 0 aromatic carbocycles. The number of hydrogen-bond donors (Lipinski definition) is 3. The molecule has 3 N–H and O–H groups in total. The van der Waals surface area contributed by atoms with Crippen molar-refractivity contribution >= 4 is 131 Å². The number of nitrogens with one attached hydrogen (secondary N) is 2. The van der Waals surface area contributed by atoms with Crippen molar-refractivity contribution in [2.75, 3.05) is 7.11 Å². The molecule has 0 amide bonds. The van der Waals surface area contributed by atoms with Crippen LogP contribution >= 0.6 is 47.1 Å². The Morgan fingerprint density at radius 1 is 0.545 bits per heavy atom. The molecule has 1 unspecified atom stereocenters. The second-order valence-electron chi connectivity index (χ2n) is 5.91. The van der Waals surface area contributed by atoms with E-state index in [2.05, 4.69) is 44.2 Å². The predicted octanol–water partition coefficient (Wildman–Crippen LogP) is -0.785. The van der Waals surface area contributed by atoms with Gasteiger partial charge in [-0.15, -0.1) is 37.2 Å². The van der Waals surface area contributed by atoms with Crippen molar-refractivity contribution in [2.45, 2.75) is 0 Å². The Labute approximate surface area is 257 Å². The van der Waals surface area contributed by atoms with Gasteiger partial charge in [0, 0.05) is 29.2 Å². The Morgan fingerprint density at radius 3 is 0.970 bits per heavy atom. The summed E-state index contributed by atoms with van der Waals surface area (Å²) in [5.41, 5.74) is 7.86.